The van der Waals surface area contributed by atoms with Gasteiger partial charge in [-0.1, -0.05) is 0 Å². The zero-order valence-corrected chi connectivity index (χ0v) is 7.68. The Morgan fingerprint density at radius 3 is 2.54 bits per heavy atom. The zero-order valence-electron chi connectivity index (χ0n) is 7.68. The van der Waals surface area contributed by atoms with Gasteiger partial charge in [-0.05, 0) is 43.2 Å². The lowest BCUT2D eigenvalue weighted by Gasteiger charge is -1.98. The molecule has 1 aromatic heterocycles. The molecular weight excluding hydrogens is 160 g/mol. The van der Waals surface area contributed by atoms with Gasteiger partial charge in [-0.25, -0.2) is 0 Å². The van der Waals surface area contributed by atoms with Gasteiger partial charge in [-0.2, -0.15) is 5.26 Å². The first-order valence-corrected chi connectivity index (χ1v) is 4.21. The van der Waals surface area contributed by atoms with Crippen molar-refractivity contribution in [2.75, 3.05) is 0 Å². The fourth-order valence-corrected chi connectivity index (χ4v) is 1.46. The quantitative estimate of drug-likeness (QED) is 0.648. The van der Waals surface area contributed by atoms with Crippen LogP contribution in [-0.4, -0.2) is 4.98 Å². The number of aromatic amines is 1. The number of fused-ring (bicyclic) bond motifs is 1. The monoisotopic (exact) mass is 170 g/mol. The third-order valence-electron chi connectivity index (χ3n) is 2.36. The Bertz CT molecular complexity index is 462. The Morgan fingerprint density at radius 1 is 1.15 bits per heavy atom. The maximum absolute atomic E-state index is 8.70. The summed E-state index contributed by atoms with van der Waals surface area (Å²) in [6.07, 6.45) is 0. The van der Waals surface area contributed by atoms with E-state index in [-0.39, 0.29) is 0 Å². The number of nitriles is 1. The fourth-order valence-electron chi connectivity index (χ4n) is 1.46. The van der Waals surface area contributed by atoms with E-state index in [1.807, 2.05) is 6.07 Å². The van der Waals surface area contributed by atoms with E-state index >= 15 is 0 Å². The van der Waals surface area contributed by atoms with E-state index in [1.165, 1.54) is 11.1 Å². The number of H-pyrrole nitrogens is 1. The average Bonchev–Trinajstić information content (AvgIpc) is 2.48. The Balaban J connectivity index is 2.79. The van der Waals surface area contributed by atoms with Crippen molar-refractivity contribution in [3.63, 3.8) is 0 Å². The lowest BCUT2D eigenvalue weighted by molar-refractivity contribution is 1.34. The molecule has 0 radical (unpaired) electrons. The van der Waals surface area contributed by atoms with Crippen LogP contribution in [0.25, 0.3) is 10.9 Å². The minimum atomic E-state index is 0.625. The maximum Gasteiger partial charge on any atom is 0.118 e. The van der Waals surface area contributed by atoms with E-state index in [4.69, 9.17) is 5.26 Å². The predicted molar refractivity (Wildman–Crippen MR) is 52.5 cm³/mol. The van der Waals surface area contributed by atoms with Gasteiger partial charge in [0.05, 0.1) is 0 Å². The van der Waals surface area contributed by atoms with Crippen LogP contribution >= 0.6 is 0 Å². The molecule has 0 bridgehead atoms. The summed E-state index contributed by atoms with van der Waals surface area (Å²) in [6.45, 7) is 4.15. The average molecular weight is 170 g/mol. The molecule has 0 amide bonds. The van der Waals surface area contributed by atoms with Gasteiger partial charge in [0.25, 0.3) is 0 Å². The molecule has 2 nitrogen and oxygen atoms in total. The van der Waals surface area contributed by atoms with Crippen LogP contribution in [0.5, 0.6) is 0 Å². The molecule has 0 saturated carbocycles. The summed E-state index contributed by atoms with van der Waals surface area (Å²) in [4.78, 5) is 3.05. The van der Waals surface area contributed by atoms with Crippen molar-refractivity contribution in [2.45, 2.75) is 13.8 Å². The Labute approximate surface area is 76.8 Å². The van der Waals surface area contributed by atoms with Crippen LogP contribution in [0, 0.1) is 25.2 Å². The van der Waals surface area contributed by atoms with E-state index in [9.17, 15) is 0 Å². The highest BCUT2D eigenvalue weighted by molar-refractivity contribution is 5.82. The molecule has 2 heteroatoms. The van der Waals surface area contributed by atoms with E-state index in [2.05, 4.69) is 37.0 Å². The standard InChI is InChI=1S/C11H10N2/c1-7-3-9-5-10(6-12)13-11(9)4-8(7)2/h3-5,13H,1-2H3. The van der Waals surface area contributed by atoms with Crippen LogP contribution in [-0.2, 0) is 0 Å². The van der Waals surface area contributed by atoms with Crippen molar-refractivity contribution in [3.05, 3.63) is 35.0 Å². The van der Waals surface area contributed by atoms with Crippen LogP contribution in [0.1, 0.15) is 16.8 Å². The molecule has 1 aromatic carbocycles. The molecule has 0 atom stereocenters. The van der Waals surface area contributed by atoms with Gasteiger partial charge < -0.3 is 4.98 Å². The van der Waals surface area contributed by atoms with Gasteiger partial charge in [-0.3, -0.25) is 0 Å². The van der Waals surface area contributed by atoms with Crippen molar-refractivity contribution in [2.24, 2.45) is 0 Å². The highest BCUT2D eigenvalue weighted by Gasteiger charge is 2.01. The third-order valence-corrected chi connectivity index (χ3v) is 2.36. The summed E-state index contributed by atoms with van der Waals surface area (Å²) in [5.74, 6) is 0. The number of benzene rings is 1. The summed E-state index contributed by atoms with van der Waals surface area (Å²) < 4.78 is 0. The molecule has 0 saturated heterocycles. The molecule has 0 spiro atoms. The normalized spacial score (nSPS) is 10.2. The van der Waals surface area contributed by atoms with Crippen LogP contribution in [0.3, 0.4) is 0 Å². The van der Waals surface area contributed by atoms with Gasteiger partial charge in [-0.15, -0.1) is 0 Å². The molecular formula is C11H10N2. The molecule has 13 heavy (non-hydrogen) atoms. The van der Waals surface area contributed by atoms with E-state index in [0.29, 0.717) is 5.69 Å². The van der Waals surface area contributed by atoms with Gasteiger partial charge in [0.1, 0.15) is 11.8 Å². The molecule has 2 rings (SSSR count). The lowest BCUT2D eigenvalue weighted by Crippen LogP contribution is -1.79. The molecule has 1 N–H and O–H groups in total. The van der Waals surface area contributed by atoms with Gasteiger partial charge in [0, 0.05) is 10.9 Å². The second-order valence-electron chi connectivity index (χ2n) is 3.32. The third kappa shape index (κ3) is 1.19. The Kier molecular flexibility index (Phi) is 1.60. The fraction of sp³-hybridized carbons (Fsp3) is 0.182. The second kappa shape index (κ2) is 2.63. The first-order valence-electron chi connectivity index (χ1n) is 4.21. The van der Waals surface area contributed by atoms with Crippen molar-refractivity contribution in [1.29, 1.82) is 5.26 Å². The lowest BCUT2D eigenvalue weighted by atomic mass is 10.1. The molecule has 2 aromatic rings. The molecule has 0 aliphatic carbocycles. The summed E-state index contributed by atoms with van der Waals surface area (Å²) in [5, 5.41) is 9.81. The van der Waals surface area contributed by atoms with Crippen LogP contribution < -0.4 is 0 Å². The number of nitrogens with one attached hydrogen (secondary N) is 1. The number of nitrogens with zero attached hydrogens (tertiary/aromatic N) is 1. The van der Waals surface area contributed by atoms with Crippen molar-refractivity contribution in [3.8, 4) is 6.07 Å². The number of aromatic nitrogens is 1. The van der Waals surface area contributed by atoms with Crippen molar-refractivity contribution >= 4 is 10.9 Å². The Hall–Kier alpha value is -1.75. The Morgan fingerprint density at radius 2 is 1.85 bits per heavy atom. The van der Waals surface area contributed by atoms with Gasteiger partial charge in [0.15, 0.2) is 0 Å². The van der Waals surface area contributed by atoms with Gasteiger partial charge in [0.2, 0.25) is 0 Å². The molecule has 0 aliphatic heterocycles. The molecule has 1 heterocycles. The number of aryl methyl sites for hydroxylation is 2. The van der Waals surface area contributed by atoms with E-state index < -0.39 is 0 Å². The van der Waals surface area contributed by atoms with E-state index in [0.717, 1.165) is 10.9 Å². The number of hydrogen-bond acceptors (Lipinski definition) is 1. The first-order chi connectivity index (χ1) is 6.20. The SMILES string of the molecule is Cc1cc2cc(C#N)[nH]c2cc1C. The van der Waals surface area contributed by atoms with E-state index in [1.54, 1.807) is 0 Å². The smallest absolute Gasteiger partial charge is 0.118 e. The summed E-state index contributed by atoms with van der Waals surface area (Å²) >= 11 is 0. The number of hydrogen-bond donors (Lipinski definition) is 1. The molecule has 0 unspecified atom stereocenters. The zero-order chi connectivity index (χ0) is 9.42. The highest BCUT2D eigenvalue weighted by atomic mass is 14.7. The minimum absolute atomic E-state index is 0.625. The topological polar surface area (TPSA) is 39.6 Å². The molecule has 0 fully saturated rings. The second-order valence-corrected chi connectivity index (χ2v) is 3.32. The maximum atomic E-state index is 8.70. The minimum Gasteiger partial charge on any atom is -0.346 e. The van der Waals surface area contributed by atoms with Crippen LogP contribution in [0.15, 0.2) is 18.2 Å². The molecule has 0 aliphatic rings. The summed E-state index contributed by atoms with van der Waals surface area (Å²) in [7, 11) is 0. The van der Waals surface area contributed by atoms with Crippen LogP contribution in [0.4, 0.5) is 0 Å². The summed E-state index contributed by atoms with van der Waals surface area (Å²) in [5.41, 5.74) is 4.18. The predicted octanol–water partition coefficient (Wildman–Crippen LogP) is 2.66. The van der Waals surface area contributed by atoms with Crippen molar-refractivity contribution in [1.82, 2.24) is 4.98 Å². The molecule has 64 valence electrons. The highest BCUT2D eigenvalue weighted by Crippen LogP contribution is 2.19. The largest absolute Gasteiger partial charge is 0.346 e. The summed E-state index contributed by atoms with van der Waals surface area (Å²) in [6, 6.07) is 8.15. The number of rotatable bonds is 0. The first kappa shape index (κ1) is 7.88. The van der Waals surface area contributed by atoms with Gasteiger partial charge >= 0.3 is 0 Å². The van der Waals surface area contributed by atoms with Crippen molar-refractivity contribution < 1.29 is 0 Å². The van der Waals surface area contributed by atoms with Crippen LogP contribution in [0.2, 0.25) is 0 Å².